The van der Waals surface area contributed by atoms with E-state index in [1.165, 1.54) is 0 Å². The van der Waals surface area contributed by atoms with Gasteiger partial charge in [0, 0.05) is 13.2 Å². The van der Waals surface area contributed by atoms with Crippen LogP contribution in [0.25, 0.3) is 0 Å². The summed E-state index contributed by atoms with van der Waals surface area (Å²) >= 11 is 0. The Hall–Kier alpha value is -1.55. The number of carbonyl (C=O) groups is 1. The van der Waals surface area contributed by atoms with Crippen LogP contribution in [-0.4, -0.2) is 30.8 Å². The Balaban J connectivity index is 2.24. The largest absolute Gasteiger partial charge is 0.484 e. The minimum Gasteiger partial charge on any atom is -0.484 e. The number of aliphatic hydroxyl groups excluding tert-OH is 1. The number of hydrogen-bond donors (Lipinski definition) is 2. The van der Waals surface area contributed by atoms with E-state index in [1.807, 2.05) is 30.3 Å². The van der Waals surface area contributed by atoms with E-state index in [1.54, 1.807) is 0 Å². The van der Waals surface area contributed by atoms with E-state index in [4.69, 9.17) is 9.84 Å². The van der Waals surface area contributed by atoms with Crippen molar-refractivity contribution in [3.05, 3.63) is 30.3 Å². The Bertz CT molecular complexity index is 376. The third-order valence-electron chi connectivity index (χ3n) is 2.89. The van der Waals surface area contributed by atoms with E-state index in [2.05, 4.69) is 19.2 Å². The molecule has 0 aliphatic heterocycles. The number of carbonyl (C=O) groups excluding carboxylic acids is 1. The molecule has 0 fully saturated rings. The summed E-state index contributed by atoms with van der Waals surface area (Å²) in [7, 11) is 0. The first-order valence-corrected chi connectivity index (χ1v) is 6.59. The van der Waals surface area contributed by atoms with Crippen LogP contribution in [0.5, 0.6) is 5.75 Å². The van der Waals surface area contributed by atoms with Crippen LogP contribution < -0.4 is 10.1 Å². The topological polar surface area (TPSA) is 58.6 Å². The molecule has 0 bridgehead atoms. The van der Waals surface area contributed by atoms with Gasteiger partial charge in [-0.05, 0) is 30.4 Å². The normalized spacial score (nSPS) is 11.1. The molecule has 0 atom stereocenters. The second-order valence-electron chi connectivity index (χ2n) is 5.37. The monoisotopic (exact) mass is 265 g/mol. The fourth-order valence-electron chi connectivity index (χ4n) is 1.70. The molecule has 4 nitrogen and oxygen atoms in total. The highest BCUT2D eigenvalue weighted by Gasteiger charge is 2.18. The van der Waals surface area contributed by atoms with E-state index < -0.39 is 0 Å². The van der Waals surface area contributed by atoms with Crippen molar-refractivity contribution in [3.8, 4) is 5.75 Å². The smallest absolute Gasteiger partial charge is 0.257 e. The van der Waals surface area contributed by atoms with Crippen LogP contribution in [0.2, 0.25) is 0 Å². The number of amides is 1. The maximum atomic E-state index is 11.7. The van der Waals surface area contributed by atoms with Crippen LogP contribution in [0.3, 0.4) is 0 Å². The molecule has 1 rings (SSSR count). The summed E-state index contributed by atoms with van der Waals surface area (Å²) < 4.78 is 5.36. The summed E-state index contributed by atoms with van der Waals surface area (Å²) in [5.74, 6) is 0.568. The fourth-order valence-corrected chi connectivity index (χ4v) is 1.70. The summed E-state index contributed by atoms with van der Waals surface area (Å²) in [6.45, 7) is 4.94. The van der Waals surface area contributed by atoms with Gasteiger partial charge in [-0.25, -0.2) is 0 Å². The standard InChI is InChI=1S/C15H23NO3/c1-15(2,9-6-10-17)12-16-14(18)11-19-13-7-4-3-5-8-13/h3-5,7-8,17H,6,9-12H2,1-2H3,(H,16,18). The molecular formula is C15H23NO3. The number of benzene rings is 1. The second-order valence-corrected chi connectivity index (χ2v) is 5.37. The van der Waals surface area contributed by atoms with Crippen LogP contribution in [0.4, 0.5) is 0 Å². The zero-order valence-corrected chi connectivity index (χ0v) is 11.7. The fraction of sp³-hybridized carbons (Fsp3) is 0.533. The van der Waals surface area contributed by atoms with E-state index in [0.29, 0.717) is 12.3 Å². The molecule has 19 heavy (non-hydrogen) atoms. The maximum absolute atomic E-state index is 11.7. The molecule has 106 valence electrons. The van der Waals surface area contributed by atoms with E-state index in [-0.39, 0.29) is 24.5 Å². The molecule has 1 aromatic rings. The minimum absolute atomic E-state index is 0.00879. The number of aliphatic hydroxyl groups is 1. The van der Waals surface area contributed by atoms with Gasteiger partial charge in [0.15, 0.2) is 6.61 Å². The molecule has 0 aliphatic rings. The highest BCUT2D eigenvalue weighted by atomic mass is 16.5. The van der Waals surface area contributed by atoms with Crippen molar-refractivity contribution >= 4 is 5.91 Å². The van der Waals surface area contributed by atoms with Gasteiger partial charge < -0.3 is 15.2 Å². The van der Waals surface area contributed by atoms with Crippen molar-refractivity contribution in [2.45, 2.75) is 26.7 Å². The molecule has 2 N–H and O–H groups in total. The van der Waals surface area contributed by atoms with Gasteiger partial charge in [-0.2, -0.15) is 0 Å². The number of ether oxygens (including phenoxy) is 1. The average molecular weight is 265 g/mol. The maximum Gasteiger partial charge on any atom is 0.257 e. The van der Waals surface area contributed by atoms with Gasteiger partial charge in [-0.3, -0.25) is 4.79 Å². The lowest BCUT2D eigenvalue weighted by molar-refractivity contribution is -0.123. The van der Waals surface area contributed by atoms with Crippen molar-refractivity contribution in [2.24, 2.45) is 5.41 Å². The third-order valence-corrected chi connectivity index (χ3v) is 2.89. The first-order valence-electron chi connectivity index (χ1n) is 6.59. The molecule has 0 radical (unpaired) electrons. The molecule has 0 aromatic heterocycles. The van der Waals surface area contributed by atoms with Gasteiger partial charge in [0.1, 0.15) is 5.75 Å². The highest BCUT2D eigenvalue weighted by Crippen LogP contribution is 2.20. The lowest BCUT2D eigenvalue weighted by Gasteiger charge is -2.24. The first-order chi connectivity index (χ1) is 9.03. The average Bonchev–Trinajstić information content (AvgIpc) is 2.42. The Morgan fingerprint density at radius 2 is 2.00 bits per heavy atom. The zero-order chi connectivity index (χ0) is 14.1. The van der Waals surface area contributed by atoms with Crippen molar-refractivity contribution in [3.63, 3.8) is 0 Å². The van der Waals surface area contributed by atoms with Gasteiger partial charge in [-0.1, -0.05) is 32.0 Å². The summed E-state index contributed by atoms with van der Waals surface area (Å²) in [5.41, 5.74) is -0.00879. The van der Waals surface area contributed by atoms with Crippen LogP contribution in [0, 0.1) is 5.41 Å². The molecule has 1 amide bonds. The SMILES string of the molecule is CC(C)(CCCO)CNC(=O)COc1ccccc1. The number of nitrogens with one attached hydrogen (secondary N) is 1. The molecule has 0 saturated heterocycles. The molecule has 1 aromatic carbocycles. The molecule has 0 unspecified atom stereocenters. The highest BCUT2D eigenvalue weighted by molar-refractivity contribution is 5.77. The molecule has 0 spiro atoms. The molecule has 0 aliphatic carbocycles. The van der Waals surface area contributed by atoms with Gasteiger partial charge in [-0.15, -0.1) is 0 Å². The van der Waals surface area contributed by atoms with Crippen LogP contribution in [-0.2, 0) is 4.79 Å². The van der Waals surface area contributed by atoms with Crippen LogP contribution in [0.15, 0.2) is 30.3 Å². The predicted octanol–water partition coefficient (Wildman–Crippen LogP) is 1.98. The molecule has 0 saturated carbocycles. The number of hydrogen-bond acceptors (Lipinski definition) is 3. The lowest BCUT2D eigenvalue weighted by atomic mass is 9.88. The van der Waals surface area contributed by atoms with Gasteiger partial charge in [0.05, 0.1) is 0 Å². The summed E-state index contributed by atoms with van der Waals surface area (Å²) in [5, 5.41) is 11.7. The molecular weight excluding hydrogens is 242 g/mol. The Labute approximate surface area is 114 Å². The minimum atomic E-state index is -0.124. The Kier molecular flexibility index (Phi) is 6.36. The third kappa shape index (κ3) is 6.82. The Morgan fingerprint density at radius 1 is 1.32 bits per heavy atom. The van der Waals surface area contributed by atoms with Crippen LogP contribution in [0.1, 0.15) is 26.7 Å². The lowest BCUT2D eigenvalue weighted by Crippen LogP contribution is -2.36. The zero-order valence-electron chi connectivity index (χ0n) is 11.7. The predicted molar refractivity (Wildman–Crippen MR) is 75.0 cm³/mol. The molecule has 0 heterocycles. The van der Waals surface area contributed by atoms with E-state index >= 15 is 0 Å². The van der Waals surface area contributed by atoms with Crippen LogP contribution >= 0.6 is 0 Å². The van der Waals surface area contributed by atoms with E-state index in [9.17, 15) is 4.79 Å². The van der Waals surface area contributed by atoms with Crippen molar-refractivity contribution in [1.82, 2.24) is 5.32 Å². The molecule has 4 heteroatoms. The number of rotatable bonds is 8. The number of para-hydroxylation sites is 1. The van der Waals surface area contributed by atoms with Gasteiger partial charge >= 0.3 is 0 Å². The van der Waals surface area contributed by atoms with Crippen molar-refractivity contribution in [2.75, 3.05) is 19.8 Å². The Morgan fingerprint density at radius 3 is 2.63 bits per heavy atom. The summed E-state index contributed by atoms with van der Waals surface area (Å²) in [4.78, 5) is 11.7. The van der Waals surface area contributed by atoms with Gasteiger partial charge in [0.25, 0.3) is 5.91 Å². The summed E-state index contributed by atoms with van der Waals surface area (Å²) in [6.07, 6.45) is 1.63. The first kappa shape index (κ1) is 15.5. The quantitative estimate of drug-likeness (QED) is 0.755. The van der Waals surface area contributed by atoms with Gasteiger partial charge in [0.2, 0.25) is 0 Å². The summed E-state index contributed by atoms with van der Waals surface area (Å²) in [6, 6.07) is 9.27. The second kappa shape index (κ2) is 7.79. The van der Waals surface area contributed by atoms with E-state index in [0.717, 1.165) is 12.8 Å². The van der Waals surface area contributed by atoms with Crippen molar-refractivity contribution in [1.29, 1.82) is 0 Å². The van der Waals surface area contributed by atoms with Crippen molar-refractivity contribution < 1.29 is 14.6 Å².